The Bertz CT molecular complexity index is 325. The van der Waals surface area contributed by atoms with Gasteiger partial charge in [-0.2, -0.15) is 5.84 Å². The number of nitrogens with two attached hydrogens (primary N) is 2. The standard InChI is InChI=1S/C9H19N4O2P/c10-7-3-5-13(11,6-7)16(15)8-2-1-4-12-9(8)14/h7-8,16H,1-6,10-11H2/p+1/t7?,8-,13?/m0/s1. The molecule has 7 heteroatoms. The Morgan fingerprint density at radius 2 is 2.19 bits per heavy atom. The summed E-state index contributed by atoms with van der Waals surface area (Å²) >= 11 is 0. The molecule has 0 aromatic heterocycles. The molecule has 2 saturated heterocycles. The van der Waals surface area contributed by atoms with E-state index in [1.165, 1.54) is 0 Å². The first-order valence-corrected chi connectivity index (χ1v) is 7.19. The zero-order chi connectivity index (χ0) is 11.8. The lowest BCUT2D eigenvalue weighted by atomic mass is 10.1. The summed E-state index contributed by atoms with van der Waals surface area (Å²) in [5, 5.41) is 2.75. The maximum absolute atomic E-state index is 12.4. The molecule has 6 nitrogen and oxygen atoms in total. The molecule has 0 bridgehead atoms. The predicted octanol–water partition coefficient (Wildman–Crippen LogP) is -0.839. The van der Waals surface area contributed by atoms with E-state index < -0.39 is 13.6 Å². The molecule has 2 rings (SSSR count). The Balaban J connectivity index is 2.09. The highest BCUT2D eigenvalue weighted by atomic mass is 31.1. The molecule has 92 valence electrons. The molecule has 1 amide bonds. The van der Waals surface area contributed by atoms with Gasteiger partial charge in [0.05, 0.1) is 6.04 Å². The van der Waals surface area contributed by atoms with E-state index in [-0.39, 0.29) is 16.3 Å². The van der Waals surface area contributed by atoms with Crippen molar-refractivity contribution >= 4 is 13.9 Å². The number of nitrogens with zero attached hydrogens (tertiary/aromatic N) is 1. The van der Waals surface area contributed by atoms with Gasteiger partial charge in [-0.1, -0.05) is 0 Å². The number of nitrogens with one attached hydrogen (secondary N) is 1. The van der Waals surface area contributed by atoms with Gasteiger partial charge in [0.2, 0.25) is 5.91 Å². The summed E-state index contributed by atoms with van der Waals surface area (Å²) in [6, 6.07) is 0.0191. The average Bonchev–Trinajstić information content (AvgIpc) is 2.60. The Morgan fingerprint density at radius 1 is 1.44 bits per heavy atom. The van der Waals surface area contributed by atoms with Crippen LogP contribution in [0.15, 0.2) is 0 Å². The second kappa shape index (κ2) is 4.45. The Labute approximate surface area is 95.7 Å². The number of carbonyl (C=O) groups excluding carboxylic acids is 1. The fourth-order valence-corrected chi connectivity index (χ4v) is 4.68. The number of hydrogen-bond donors (Lipinski definition) is 3. The number of quaternary nitrogens is 1. The summed E-state index contributed by atoms with van der Waals surface area (Å²) < 4.78 is 12.4. The fraction of sp³-hybridized carbons (Fsp3) is 0.889. The van der Waals surface area contributed by atoms with Gasteiger partial charge in [0.15, 0.2) is 0 Å². The second-order valence-electron chi connectivity index (χ2n) is 4.81. The molecule has 2 fully saturated rings. The summed E-state index contributed by atoms with van der Waals surface area (Å²) in [6.45, 7) is 1.85. The fourth-order valence-electron chi connectivity index (χ4n) is 2.52. The van der Waals surface area contributed by atoms with Crippen LogP contribution >= 0.6 is 7.95 Å². The molecule has 0 saturated carbocycles. The Hall–Kier alpha value is -0.420. The molecule has 16 heavy (non-hydrogen) atoms. The first-order valence-electron chi connectivity index (χ1n) is 5.76. The molecule has 2 heterocycles. The van der Waals surface area contributed by atoms with Crippen molar-refractivity contribution in [3.05, 3.63) is 0 Å². The van der Waals surface area contributed by atoms with E-state index in [4.69, 9.17) is 11.6 Å². The normalized spacial score (nSPS) is 41.8. The lowest BCUT2D eigenvalue weighted by Gasteiger charge is -2.32. The molecule has 3 unspecified atom stereocenters. The second-order valence-corrected chi connectivity index (χ2v) is 7.08. The van der Waals surface area contributed by atoms with Gasteiger partial charge < -0.3 is 11.1 Å². The van der Waals surface area contributed by atoms with Crippen molar-refractivity contribution in [2.45, 2.75) is 31.0 Å². The van der Waals surface area contributed by atoms with Crippen LogP contribution in [0.5, 0.6) is 0 Å². The van der Waals surface area contributed by atoms with E-state index in [1.54, 1.807) is 0 Å². The van der Waals surface area contributed by atoms with Crippen LogP contribution in [0.1, 0.15) is 19.3 Å². The molecule has 0 spiro atoms. The van der Waals surface area contributed by atoms with Crippen LogP contribution in [-0.4, -0.2) is 41.6 Å². The van der Waals surface area contributed by atoms with Gasteiger partial charge in [0, 0.05) is 13.0 Å². The van der Waals surface area contributed by atoms with Crippen LogP contribution in [0.25, 0.3) is 0 Å². The van der Waals surface area contributed by atoms with Gasteiger partial charge in [0.1, 0.15) is 18.7 Å². The van der Waals surface area contributed by atoms with E-state index >= 15 is 0 Å². The highest BCUT2D eigenvalue weighted by Gasteiger charge is 2.45. The van der Waals surface area contributed by atoms with Crippen molar-refractivity contribution in [2.75, 3.05) is 19.6 Å². The van der Waals surface area contributed by atoms with Gasteiger partial charge >= 0.3 is 0 Å². The van der Waals surface area contributed by atoms with Crippen molar-refractivity contribution in [3.8, 4) is 0 Å². The van der Waals surface area contributed by atoms with Crippen LogP contribution in [0, 0.1) is 0 Å². The third kappa shape index (κ3) is 2.15. The Kier molecular flexibility index (Phi) is 3.35. The zero-order valence-corrected chi connectivity index (χ0v) is 10.3. The molecule has 0 aromatic carbocycles. The van der Waals surface area contributed by atoms with Crippen molar-refractivity contribution in [1.82, 2.24) is 5.32 Å². The monoisotopic (exact) mass is 247 g/mol. The zero-order valence-electron chi connectivity index (χ0n) is 9.32. The minimum atomic E-state index is -2.17. The molecule has 2 aliphatic rings. The van der Waals surface area contributed by atoms with E-state index in [2.05, 4.69) is 5.32 Å². The highest BCUT2D eigenvalue weighted by Crippen LogP contribution is 2.43. The minimum absolute atomic E-state index is 0.0178. The van der Waals surface area contributed by atoms with Gasteiger partial charge in [-0.15, -0.1) is 0 Å². The lowest BCUT2D eigenvalue weighted by molar-refractivity contribution is -0.807. The quantitative estimate of drug-likeness (QED) is 0.438. The molecule has 0 radical (unpaired) electrons. The number of hydrogen-bond acceptors (Lipinski definition) is 4. The van der Waals surface area contributed by atoms with Crippen molar-refractivity contribution in [1.29, 1.82) is 0 Å². The Morgan fingerprint density at radius 3 is 2.75 bits per heavy atom. The van der Waals surface area contributed by atoms with Crippen molar-refractivity contribution in [2.24, 2.45) is 11.6 Å². The summed E-state index contributed by atoms with van der Waals surface area (Å²) in [6.07, 6.45) is 2.37. The van der Waals surface area contributed by atoms with E-state index in [1.807, 2.05) is 0 Å². The molecule has 4 atom stereocenters. The largest absolute Gasteiger partial charge is 0.355 e. The summed E-state index contributed by atoms with van der Waals surface area (Å²) in [7, 11) is -2.17. The van der Waals surface area contributed by atoms with Gasteiger partial charge in [-0.05, 0) is 12.8 Å². The third-order valence-electron chi connectivity index (χ3n) is 3.48. The molecule has 0 aliphatic carbocycles. The topological polar surface area (TPSA) is 98.2 Å². The van der Waals surface area contributed by atoms with E-state index in [9.17, 15) is 9.36 Å². The highest BCUT2D eigenvalue weighted by molar-refractivity contribution is 7.40. The van der Waals surface area contributed by atoms with Crippen LogP contribution in [0.2, 0.25) is 0 Å². The van der Waals surface area contributed by atoms with Gasteiger partial charge in [-0.25, -0.2) is 4.36 Å². The van der Waals surface area contributed by atoms with E-state index in [0.29, 0.717) is 26.1 Å². The number of rotatable bonds is 2. The van der Waals surface area contributed by atoms with Gasteiger partial charge in [-0.3, -0.25) is 9.36 Å². The number of piperidine rings is 1. The molecular weight excluding hydrogens is 227 g/mol. The summed E-state index contributed by atoms with van der Waals surface area (Å²) in [5.74, 6) is 6.00. The van der Waals surface area contributed by atoms with Crippen LogP contribution in [-0.2, 0) is 9.36 Å². The van der Waals surface area contributed by atoms with E-state index in [0.717, 1.165) is 12.8 Å². The van der Waals surface area contributed by atoms with Crippen LogP contribution < -0.4 is 16.9 Å². The van der Waals surface area contributed by atoms with Crippen LogP contribution in [0.3, 0.4) is 0 Å². The summed E-state index contributed by atoms with van der Waals surface area (Å²) in [4.78, 5) is 11.6. The molecule has 2 aliphatic heterocycles. The lowest BCUT2D eigenvalue weighted by Crippen LogP contribution is -2.51. The third-order valence-corrected chi connectivity index (χ3v) is 5.91. The van der Waals surface area contributed by atoms with Crippen molar-refractivity contribution < 1.29 is 13.7 Å². The maximum atomic E-state index is 12.4. The van der Waals surface area contributed by atoms with Gasteiger partial charge in [0.25, 0.3) is 7.95 Å². The maximum Gasteiger partial charge on any atom is 0.267 e. The minimum Gasteiger partial charge on any atom is -0.355 e. The first-order chi connectivity index (χ1) is 7.53. The first kappa shape index (κ1) is 12.0. The number of amides is 1. The molecular formula is C9H20N4O2P+. The molecule has 0 aromatic rings. The average molecular weight is 247 g/mol. The molecule has 5 N–H and O–H groups in total. The smallest absolute Gasteiger partial charge is 0.267 e. The summed E-state index contributed by atoms with van der Waals surface area (Å²) in [5.41, 5.74) is 5.40. The SMILES string of the molecule is NC1CC[N+](N)([PH](=O)[C@H]2CCCNC2=O)C1. The van der Waals surface area contributed by atoms with Crippen LogP contribution in [0.4, 0.5) is 0 Å². The number of carbonyl (C=O) groups is 1. The predicted molar refractivity (Wildman–Crippen MR) is 61.8 cm³/mol. The van der Waals surface area contributed by atoms with Crippen molar-refractivity contribution in [3.63, 3.8) is 0 Å².